The second-order valence-corrected chi connectivity index (χ2v) is 6.16. The fourth-order valence-electron chi connectivity index (χ4n) is 1.54. The summed E-state index contributed by atoms with van der Waals surface area (Å²) >= 11 is 1.58. The second-order valence-electron chi connectivity index (χ2n) is 3.49. The molecule has 0 aromatic carbocycles. The minimum atomic E-state index is -0.829. The molecule has 0 saturated carbocycles. The summed E-state index contributed by atoms with van der Waals surface area (Å²) in [5, 5.41) is 5.37. The Morgan fingerprint density at radius 2 is 2.33 bits per heavy atom. The smallest absolute Gasteiger partial charge is 0.0911 e. The SMILES string of the molecule is CCCC(CS(=O)c1cccs1)NCC. The Hall–Kier alpha value is -0.190. The Kier molecular flexibility index (Phi) is 6.13. The molecule has 86 valence electrons. The van der Waals surface area contributed by atoms with Crippen molar-refractivity contribution in [3.8, 4) is 0 Å². The standard InChI is InChI=1S/C11H19NOS2/c1-3-6-10(12-4-2)9-15(13)11-7-5-8-14-11/h5,7-8,10,12H,3-4,6,9H2,1-2H3. The Morgan fingerprint density at radius 1 is 1.53 bits per heavy atom. The van der Waals surface area contributed by atoms with Crippen LogP contribution < -0.4 is 5.32 Å². The Bertz CT molecular complexity index is 279. The van der Waals surface area contributed by atoms with Gasteiger partial charge in [-0.25, -0.2) is 0 Å². The monoisotopic (exact) mass is 245 g/mol. The van der Waals surface area contributed by atoms with Gasteiger partial charge in [0.25, 0.3) is 0 Å². The third kappa shape index (κ3) is 4.45. The molecule has 0 saturated heterocycles. The highest BCUT2D eigenvalue weighted by Gasteiger charge is 2.12. The van der Waals surface area contributed by atoms with Crippen molar-refractivity contribution < 1.29 is 4.21 Å². The molecule has 1 aromatic rings. The minimum absolute atomic E-state index is 0.392. The molecule has 1 aromatic heterocycles. The van der Waals surface area contributed by atoms with Crippen molar-refractivity contribution in [1.82, 2.24) is 5.32 Å². The topological polar surface area (TPSA) is 29.1 Å². The van der Waals surface area contributed by atoms with E-state index in [0.717, 1.165) is 29.3 Å². The lowest BCUT2D eigenvalue weighted by molar-refractivity contribution is 0.526. The molecular weight excluding hydrogens is 226 g/mol. The second kappa shape index (κ2) is 7.14. The van der Waals surface area contributed by atoms with Gasteiger partial charge in [-0.05, 0) is 24.4 Å². The van der Waals surface area contributed by atoms with Crippen molar-refractivity contribution in [2.75, 3.05) is 12.3 Å². The predicted octanol–water partition coefficient (Wildman–Crippen LogP) is 2.63. The number of nitrogens with one attached hydrogen (secondary N) is 1. The normalized spacial score (nSPS) is 15.1. The van der Waals surface area contributed by atoms with E-state index < -0.39 is 10.8 Å². The van der Waals surface area contributed by atoms with Gasteiger partial charge in [-0.2, -0.15) is 0 Å². The molecule has 4 heteroatoms. The lowest BCUT2D eigenvalue weighted by Crippen LogP contribution is -2.33. The van der Waals surface area contributed by atoms with Crippen LogP contribution in [0.4, 0.5) is 0 Å². The highest BCUT2D eigenvalue weighted by atomic mass is 32.2. The van der Waals surface area contributed by atoms with Gasteiger partial charge in [0.1, 0.15) is 0 Å². The maximum Gasteiger partial charge on any atom is 0.0911 e. The molecule has 0 bridgehead atoms. The molecule has 15 heavy (non-hydrogen) atoms. The van der Waals surface area contributed by atoms with Crippen LogP contribution in [0, 0.1) is 0 Å². The first-order chi connectivity index (χ1) is 7.27. The van der Waals surface area contributed by atoms with Gasteiger partial charge in [0, 0.05) is 11.8 Å². The molecule has 0 amide bonds. The van der Waals surface area contributed by atoms with E-state index in [-0.39, 0.29) is 0 Å². The van der Waals surface area contributed by atoms with Gasteiger partial charge in [0.15, 0.2) is 0 Å². The molecule has 1 N–H and O–H groups in total. The third-order valence-corrected chi connectivity index (χ3v) is 5.00. The summed E-state index contributed by atoms with van der Waals surface area (Å²) in [4.78, 5) is 0. The molecule has 0 radical (unpaired) electrons. The van der Waals surface area contributed by atoms with Crippen LogP contribution in [0.3, 0.4) is 0 Å². The van der Waals surface area contributed by atoms with Crippen molar-refractivity contribution >= 4 is 22.1 Å². The number of hydrogen-bond acceptors (Lipinski definition) is 3. The molecule has 0 aliphatic heterocycles. The van der Waals surface area contributed by atoms with Crippen LogP contribution in [0.1, 0.15) is 26.7 Å². The van der Waals surface area contributed by atoms with Crippen LogP contribution in [0.15, 0.2) is 21.7 Å². The summed E-state index contributed by atoms with van der Waals surface area (Å²) in [6.45, 7) is 5.21. The number of thiophene rings is 1. The minimum Gasteiger partial charge on any atom is -0.313 e. The van der Waals surface area contributed by atoms with Crippen LogP contribution in [0.2, 0.25) is 0 Å². The third-order valence-electron chi connectivity index (χ3n) is 2.20. The van der Waals surface area contributed by atoms with Crippen molar-refractivity contribution in [1.29, 1.82) is 0 Å². The predicted molar refractivity (Wildman–Crippen MR) is 68.0 cm³/mol. The van der Waals surface area contributed by atoms with E-state index in [1.807, 2.05) is 17.5 Å². The van der Waals surface area contributed by atoms with E-state index in [9.17, 15) is 4.21 Å². The first kappa shape index (κ1) is 12.9. The van der Waals surface area contributed by atoms with E-state index in [4.69, 9.17) is 0 Å². The molecular formula is C11H19NOS2. The van der Waals surface area contributed by atoms with E-state index >= 15 is 0 Å². The quantitative estimate of drug-likeness (QED) is 0.800. The summed E-state index contributed by atoms with van der Waals surface area (Å²) in [6, 6.07) is 4.30. The summed E-state index contributed by atoms with van der Waals surface area (Å²) in [7, 11) is -0.829. The van der Waals surface area contributed by atoms with Gasteiger partial charge in [0.2, 0.25) is 0 Å². The van der Waals surface area contributed by atoms with Crippen LogP contribution in [0.25, 0.3) is 0 Å². The van der Waals surface area contributed by atoms with Crippen molar-refractivity contribution in [2.24, 2.45) is 0 Å². The summed E-state index contributed by atoms with van der Waals surface area (Å²) in [5.41, 5.74) is 0. The summed E-state index contributed by atoms with van der Waals surface area (Å²) in [5.74, 6) is 0.738. The van der Waals surface area contributed by atoms with Crippen LogP contribution in [-0.2, 0) is 10.8 Å². The molecule has 0 aliphatic carbocycles. The Morgan fingerprint density at radius 3 is 2.87 bits per heavy atom. The van der Waals surface area contributed by atoms with Crippen molar-refractivity contribution in [2.45, 2.75) is 36.9 Å². The van der Waals surface area contributed by atoms with E-state index in [1.54, 1.807) is 11.3 Å². The molecule has 0 fully saturated rings. The summed E-state index contributed by atoms with van der Waals surface area (Å²) in [6.07, 6.45) is 2.24. The van der Waals surface area contributed by atoms with Gasteiger partial charge in [-0.15, -0.1) is 11.3 Å². The lowest BCUT2D eigenvalue weighted by Gasteiger charge is -2.15. The van der Waals surface area contributed by atoms with Crippen LogP contribution in [0.5, 0.6) is 0 Å². The fourth-order valence-corrected chi connectivity index (χ4v) is 3.83. The molecule has 1 heterocycles. The lowest BCUT2D eigenvalue weighted by atomic mass is 10.2. The number of rotatable bonds is 7. The van der Waals surface area contributed by atoms with Crippen LogP contribution >= 0.6 is 11.3 Å². The molecule has 2 atom stereocenters. The van der Waals surface area contributed by atoms with Crippen molar-refractivity contribution in [3.05, 3.63) is 17.5 Å². The average molecular weight is 245 g/mol. The van der Waals surface area contributed by atoms with Crippen LogP contribution in [-0.4, -0.2) is 22.5 Å². The highest BCUT2D eigenvalue weighted by Crippen LogP contribution is 2.15. The first-order valence-corrected chi connectivity index (χ1v) is 7.63. The summed E-state index contributed by atoms with van der Waals surface area (Å²) < 4.78 is 12.9. The van der Waals surface area contributed by atoms with Gasteiger partial charge in [0.05, 0.1) is 15.0 Å². The molecule has 0 aliphatic rings. The van der Waals surface area contributed by atoms with E-state index in [0.29, 0.717) is 6.04 Å². The van der Waals surface area contributed by atoms with Gasteiger partial charge < -0.3 is 5.32 Å². The van der Waals surface area contributed by atoms with Gasteiger partial charge >= 0.3 is 0 Å². The fraction of sp³-hybridized carbons (Fsp3) is 0.636. The average Bonchev–Trinajstić information content (AvgIpc) is 2.71. The Balaban J connectivity index is 2.47. The Labute approximate surface area is 98.6 Å². The largest absolute Gasteiger partial charge is 0.313 e. The first-order valence-electron chi connectivity index (χ1n) is 5.43. The maximum atomic E-state index is 11.9. The van der Waals surface area contributed by atoms with Gasteiger partial charge in [-0.1, -0.05) is 26.3 Å². The molecule has 0 spiro atoms. The zero-order valence-corrected chi connectivity index (χ0v) is 11.0. The maximum absolute atomic E-state index is 11.9. The molecule has 2 nitrogen and oxygen atoms in total. The van der Waals surface area contributed by atoms with E-state index in [2.05, 4.69) is 19.2 Å². The zero-order chi connectivity index (χ0) is 11.1. The van der Waals surface area contributed by atoms with Crippen molar-refractivity contribution in [3.63, 3.8) is 0 Å². The highest BCUT2D eigenvalue weighted by molar-refractivity contribution is 7.87. The van der Waals surface area contributed by atoms with Gasteiger partial charge in [-0.3, -0.25) is 4.21 Å². The number of hydrogen-bond donors (Lipinski definition) is 1. The molecule has 2 unspecified atom stereocenters. The van der Waals surface area contributed by atoms with E-state index in [1.165, 1.54) is 0 Å². The molecule has 1 rings (SSSR count). The zero-order valence-electron chi connectivity index (χ0n) is 9.36.